The van der Waals surface area contributed by atoms with Crippen molar-refractivity contribution in [1.82, 2.24) is 15.1 Å². The van der Waals surface area contributed by atoms with E-state index in [0.717, 1.165) is 69.5 Å². The van der Waals surface area contributed by atoms with Gasteiger partial charge in [0.2, 0.25) is 0 Å². The highest BCUT2D eigenvalue weighted by atomic mass is 35.5. The van der Waals surface area contributed by atoms with Crippen LogP contribution in [0.5, 0.6) is 0 Å². The number of hydrogen-bond acceptors (Lipinski definition) is 4. The number of carbonyl (C=O) groups excluding carboxylic acids is 2. The molecule has 41 heavy (non-hydrogen) atoms. The van der Waals surface area contributed by atoms with Gasteiger partial charge in [0.1, 0.15) is 5.82 Å². The molecule has 2 heterocycles. The number of nitriles is 1. The molecular weight excluding hydrogens is 539 g/mol. The summed E-state index contributed by atoms with van der Waals surface area (Å²) >= 11 is 5.98. The summed E-state index contributed by atoms with van der Waals surface area (Å²) in [5, 5.41) is 12.3. The molecule has 0 saturated carbocycles. The van der Waals surface area contributed by atoms with Crippen LogP contribution in [-0.4, -0.2) is 47.8 Å². The zero-order chi connectivity index (χ0) is 28.6. The Kier molecular flexibility index (Phi) is 7.54. The number of halogens is 2. The number of aryl methyl sites for hydroxylation is 1. The van der Waals surface area contributed by atoms with Gasteiger partial charge in [-0.05, 0) is 110 Å². The smallest absolute Gasteiger partial charge is 0.254 e. The molecule has 3 aromatic carbocycles. The monoisotopic (exact) mass is 570 g/mol. The van der Waals surface area contributed by atoms with Crippen LogP contribution in [0.25, 0.3) is 0 Å². The zero-order valence-corrected chi connectivity index (χ0v) is 23.6. The molecule has 1 unspecified atom stereocenters. The first-order valence-corrected chi connectivity index (χ1v) is 14.6. The lowest BCUT2D eigenvalue weighted by molar-refractivity contribution is 0.0713. The highest BCUT2D eigenvalue weighted by molar-refractivity contribution is 6.31. The predicted molar refractivity (Wildman–Crippen MR) is 155 cm³/mol. The van der Waals surface area contributed by atoms with E-state index >= 15 is 0 Å². The van der Waals surface area contributed by atoms with Gasteiger partial charge < -0.3 is 10.2 Å². The van der Waals surface area contributed by atoms with Gasteiger partial charge in [0.25, 0.3) is 11.8 Å². The Bertz CT molecular complexity index is 1530. The van der Waals surface area contributed by atoms with Crippen molar-refractivity contribution in [3.05, 3.63) is 105 Å². The number of hydrogen-bond donors (Lipinski definition) is 1. The van der Waals surface area contributed by atoms with E-state index in [9.17, 15) is 14.0 Å². The van der Waals surface area contributed by atoms with E-state index < -0.39 is 11.7 Å². The number of benzene rings is 3. The Labute approximate surface area is 244 Å². The summed E-state index contributed by atoms with van der Waals surface area (Å²) < 4.78 is 14.2. The minimum absolute atomic E-state index is 0.0301. The lowest BCUT2D eigenvalue weighted by atomic mass is 9.77. The molecule has 3 aliphatic rings. The minimum atomic E-state index is -0.614. The highest BCUT2D eigenvalue weighted by Crippen LogP contribution is 2.41. The van der Waals surface area contributed by atoms with Crippen LogP contribution in [0.1, 0.15) is 74.7 Å². The fraction of sp³-hybridized carbons (Fsp3) is 0.364. The van der Waals surface area contributed by atoms with Crippen molar-refractivity contribution in [3.8, 4) is 6.07 Å². The molecule has 1 aliphatic carbocycles. The zero-order valence-electron chi connectivity index (χ0n) is 22.8. The second-order valence-electron chi connectivity index (χ2n) is 11.7. The average Bonchev–Trinajstić information content (AvgIpc) is 3.59. The third-order valence-electron chi connectivity index (χ3n) is 9.08. The molecule has 0 aromatic heterocycles. The van der Waals surface area contributed by atoms with E-state index in [1.165, 1.54) is 23.8 Å². The van der Waals surface area contributed by atoms with E-state index in [0.29, 0.717) is 22.6 Å². The molecule has 6 nitrogen and oxygen atoms in total. The second-order valence-corrected chi connectivity index (χ2v) is 12.1. The van der Waals surface area contributed by atoms with Gasteiger partial charge >= 0.3 is 0 Å². The van der Waals surface area contributed by atoms with Crippen molar-refractivity contribution in [3.63, 3.8) is 0 Å². The molecule has 1 atom stereocenters. The molecular formula is C33H32ClFN4O2. The second kappa shape index (κ2) is 11.3. The van der Waals surface area contributed by atoms with Crippen LogP contribution < -0.4 is 5.32 Å². The molecule has 0 bridgehead atoms. The maximum atomic E-state index is 14.2. The van der Waals surface area contributed by atoms with Gasteiger partial charge in [0.05, 0.1) is 23.2 Å². The standard InChI is InChI=1S/C33H32ClFN4O2/c34-26-8-9-29(35)28(18-26)31(40)37-30-10-7-24-5-6-25(17-27(24)30)32(41)39-16-13-33(21-39)11-14-38(15-12-33)20-23-3-1-22(19-36)2-4-23/h1-6,8-9,17-18,30H,7,10-16,20-21H2,(H,37,40). The fourth-order valence-electron chi connectivity index (χ4n) is 6.62. The number of rotatable bonds is 5. The fourth-order valence-corrected chi connectivity index (χ4v) is 6.79. The molecule has 2 fully saturated rings. The summed E-state index contributed by atoms with van der Waals surface area (Å²) in [6, 6.07) is 19.4. The molecule has 0 radical (unpaired) electrons. The van der Waals surface area contributed by atoms with E-state index in [1.807, 2.05) is 47.4 Å². The maximum absolute atomic E-state index is 14.2. The quantitative estimate of drug-likeness (QED) is 0.415. The molecule has 8 heteroatoms. The van der Waals surface area contributed by atoms with Crippen molar-refractivity contribution < 1.29 is 14.0 Å². The molecule has 210 valence electrons. The van der Waals surface area contributed by atoms with Crippen molar-refractivity contribution in [1.29, 1.82) is 5.26 Å². The number of nitrogens with one attached hydrogen (secondary N) is 1. The Hall–Kier alpha value is -3.73. The lowest BCUT2D eigenvalue weighted by Gasteiger charge is -2.39. The van der Waals surface area contributed by atoms with E-state index in [4.69, 9.17) is 16.9 Å². The van der Waals surface area contributed by atoms with Crippen LogP contribution in [-0.2, 0) is 13.0 Å². The third kappa shape index (κ3) is 5.72. The van der Waals surface area contributed by atoms with Crippen molar-refractivity contribution >= 4 is 23.4 Å². The van der Waals surface area contributed by atoms with Gasteiger partial charge in [-0.15, -0.1) is 0 Å². The summed E-state index contributed by atoms with van der Waals surface area (Å²) in [5.41, 5.74) is 4.64. The third-order valence-corrected chi connectivity index (χ3v) is 9.32. The van der Waals surface area contributed by atoms with Crippen LogP contribution in [0, 0.1) is 22.6 Å². The van der Waals surface area contributed by atoms with Crippen LogP contribution in [0.15, 0.2) is 60.7 Å². The van der Waals surface area contributed by atoms with Crippen LogP contribution in [0.3, 0.4) is 0 Å². The number of carbonyl (C=O) groups is 2. The van der Waals surface area contributed by atoms with E-state index in [1.54, 1.807) is 0 Å². The molecule has 2 aliphatic heterocycles. The molecule has 2 amide bonds. The normalized spacial score (nSPS) is 19.6. The first-order chi connectivity index (χ1) is 19.8. The molecule has 6 rings (SSSR count). The number of likely N-dealkylation sites (tertiary alicyclic amines) is 2. The van der Waals surface area contributed by atoms with Crippen molar-refractivity contribution in [2.45, 2.75) is 44.7 Å². The average molecular weight is 571 g/mol. The minimum Gasteiger partial charge on any atom is -0.345 e. The number of amides is 2. The van der Waals surface area contributed by atoms with Crippen LogP contribution >= 0.6 is 11.6 Å². The van der Waals surface area contributed by atoms with E-state index in [-0.39, 0.29) is 22.9 Å². The summed E-state index contributed by atoms with van der Waals surface area (Å²) in [5.74, 6) is -1.09. The highest BCUT2D eigenvalue weighted by Gasteiger charge is 2.42. The summed E-state index contributed by atoms with van der Waals surface area (Å²) in [6.07, 6.45) is 4.63. The maximum Gasteiger partial charge on any atom is 0.254 e. The van der Waals surface area contributed by atoms with Crippen molar-refractivity contribution in [2.75, 3.05) is 26.2 Å². The lowest BCUT2D eigenvalue weighted by Crippen LogP contribution is -2.42. The van der Waals surface area contributed by atoms with Crippen LogP contribution in [0.2, 0.25) is 5.02 Å². The van der Waals surface area contributed by atoms with Gasteiger partial charge in [-0.1, -0.05) is 29.8 Å². The largest absolute Gasteiger partial charge is 0.345 e. The summed E-state index contributed by atoms with van der Waals surface area (Å²) in [4.78, 5) is 30.9. The molecule has 2 saturated heterocycles. The van der Waals surface area contributed by atoms with Crippen molar-refractivity contribution in [2.24, 2.45) is 5.41 Å². The van der Waals surface area contributed by atoms with Gasteiger partial charge in [-0.2, -0.15) is 5.26 Å². The van der Waals surface area contributed by atoms with Gasteiger partial charge in [0.15, 0.2) is 0 Å². The Morgan fingerprint density at radius 2 is 1.78 bits per heavy atom. The van der Waals surface area contributed by atoms with E-state index in [2.05, 4.69) is 16.3 Å². The van der Waals surface area contributed by atoms with Gasteiger partial charge in [0, 0.05) is 30.2 Å². The number of piperidine rings is 1. The molecule has 1 N–H and O–H groups in total. The Morgan fingerprint density at radius 3 is 2.54 bits per heavy atom. The molecule has 3 aromatic rings. The molecule has 1 spiro atoms. The Morgan fingerprint density at radius 1 is 1.02 bits per heavy atom. The number of nitrogens with zero attached hydrogens (tertiary/aromatic N) is 3. The van der Waals surface area contributed by atoms with Gasteiger partial charge in [-0.25, -0.2) is 4.39 Å². The SMILES string of the molecule is N#Cc1ccc(CN2CCC3(CC2)CCN(C(=O)c2ccc4c(c2)C(NC(=O)c2cc(Cl)ccc2F)CC4)C3)cc1. The first kappa shape index (κ1) is 27.4. The summed E-state index contributed by atoms with van der Waals surface area (Å²) in [7, 11) is 0. The first-order valence-electron chi connectivity index (χ1n) is 14.2. The topological polar surface area (TPSA) is 76.4 Å². The van der Waals surface area contributed by atoms with Crippen LogP contribution in [0.4, 0.5) is 4.39 Å². The predicted octanol–water partition coefficient (Wildman–Crippen LogP) is 5.90. The number of fused-ring (bicyclic) bond motifs is 1. The van der Waals surface area contributed by atoms with Gasteiger partial charge in [-0.3, -0.25) is 14.5 Å². The summed E-state index contributed by atoms with van der Waals surface area (Å²) in [6.45, 7) is 4.38. The Balaban J connectivity index is 1.08.